The fourth-order valence-electron chi connectivity index (χ4n) is 8.81. The molecule has 1 aromatic rings. The highest BCUT2D eigenvalue weighted by Gasteiger charge is 3.03. The van der Waals surface area contributed by atoms with Gasteiger partial charge in [-0.1, -0.05) is 0 Å². The van der Waals surface area contributed by atoms with E-state index in [9.17, 15) is 9.59 Å². The molecule has 0 amide bonds. The van der Waals surface area contributed by atoms with Crippen LogP contribution in [0.1, 0.15) is 24.9 Å². The number of hydrogen-bond donors (Lipinski definition) is 0. The van der Waals surface area contributed by atoms with E-state index in [2.05, 4.69) is 0 Å². The lowest BCUT2D eigenvalue weighted by atomic mass is 9.04. The van der Waals surface area contributed by atoms with Crippen LogP contribution in [0.25, 0.3) is 0 Å². The molecule has 1 aromatic heterocycles. The third-order valence-corrected chi connectivity index (χ3v) is 8.99. The van der Waals surface area contributed by atoms with Gasteiger partial charge in [0, 0.05) is 17.9 Å². The zero-order chi connectivity index (χ0) is 13.6. The minimum atomic E-state index is -0.0935. The van der Waals surface area contributed by atoms with Crippen molar-refractivity contribution in [1.29, 1.82) is 0 Å². The summed E-state index contributed by atoms with van der Waals surface area (Å²) in [5.74, 6) is 3.09. The van der Waals surface area contributed by atoms with E-state index in [0.29, 0.717) is 47.0 Å². The topological polar surface area (TPSA) is 61.5 Å². The Morgan fingerprint density at radius 3 is 1.90 bits per heavy atom. The number of fused-ring (bicyclic) bond motifs is 1. The van der Waals surface area contributed by atoms with E-state index in [4.69, 9.17) is 4.74 Å². The molecule has 2 bridgehead atoms. The van der Waals surface area contributed by atoms with Crippen LogP contribution in [-0.4, -0.2) is 26.1 Å². The first-order valence-electron chi connectivity index (χ1n) is 8.20. The van der Waals surface area contributed by atoms with Gasteiger partial charge in [0.25, 0.3) is 0 Å². The normalized spacial score (nSPS) is 67.5. The van der Waals surface area contributed by atoms with E-state index in [1.165, 1.54) is 4.57 Å². The molecule has 5 saturated carbocycles. The molecular weight excluding hydrogens is 270 g/mol. The van der Waals surface area contributed by atoms with Gasteiger partial charge in [0.15, 0.2) is 0 Å². The summed E-state index contributed by atoms with van der Waals surface area (Å²) in [6, 6.07) is 0.600. The van der Waals surface area contributed by atoms with Crippen LogP contribution in [0.2, 0.25) is 0 Å². The van der Waals surface area contributed by atoms with Gasteiger partial charge in [-0.3, -0.25) is 0 Å². The summed E-state index contributed by atoms with van der Waals surface area (Å²) >= 11 is 0. The summed E-state index contributed by atoms with van der Waals surface area (Å²) in [5.41, 5.74) is 0.446. The first-order valence-corrected chi connectivity index (χ1v) is 8.20. The molecule has 9 rings (SSSR count). The van der Waals surface area contributed by atoms with Gasteiger partial charge in [0.2, 0.25) is 0 Å². The first-order chi connectivity index (χ1) is 10.1. The van der Waals surface area contributed by atoms with Crippen LogP contribution in [0, 0.1) is 34.5 Å². The summed E-state index contributed by atoms with van der Waals surface area (Å²) in [4.78, 5) is 25.1. The molecule has 0 N–H and O–H groups in total. The van der Waals surface area contributed by atoms with Gasteiger partial charge in [0.1, 0.15) is 0 Å². The third-order valence-electron chi connectivity index (χ3n) is 8.99. The standard InChI is InChI=1S/C15H15N3O3/c1-16-12(19)17-10-6-7-9-8(6)14(10)2-4-5(21-4)3-15(9,14)11(7)18(17)13(16)20/h4-11H,2-3H2,1H3/t4-,5-,6+,7+,8-,9+,10+,11-,14+,15-/m1/s1. The van der Waals surface area contributed by atoms with Gasteiger partial charge >= 0.3 is 11.4 Å². The monoisotopic (exact) mass is 285 g/mol. The summed E-state index contributed by atoms with van der Waals surface area (Å²) in [7, 11) is 1.63. The van der Waals surface area contributed by atoms with E-state index in [-0.39, 0.29) is 11.4 Å². The quantitative estimate of drug-likeness (QED) is 0.604. The molecule has 0 aromatic carbocycles. The molecule has 6 heteroatoms. The van der Waals surface area contributed by atoms with Crippen molar-refractivity contribution >= 4 is 0 Å². The average Bonchev–Trinajstić information content (AvgIpc) is 3.15. The lowest BCUT2D eigenvalue weighted by molar-refractivity contribution is -0.557. The van der Waals surface area contributed by atoms with Gasteiger partial charge in [-0.05, 0) is 36.5 Å². The Morgan fingerprint density at radius 1 is 0.952 bits per heavy atom. The van der Waals surface area contributed by atoms with E-state index in [1.807, 2.05) is 9.36 Å². The Hall–Kier alpha value is -1.30. The molecule has 5 aliphatic carbocycles. The SMILES string of the molecule is Cn1c(=O)n2n(c1=O)[C@@H]1[C@H]3[C@H]4[C@@H]5[C@H]3[C@]13C[C@H]1O[C@@H]1C[C@@]53[C@H]42. The van der Waals surface area contributed by atoms with Crippen molar-refractivity contribution in [3.05, 3.63) is 21.0 Å². The van der Waals surface area contributed by atoms with Crippen molar-refractivity contribution in [3.63, 3.8) is 0 Å². The Morgan fingerprint density at radius 2 is 1.43 bits per heavy atom. The molecule has 6 nitrogen and oxygen atoms in total. The van der Waals surface area contributed by atoms with Crippen LogP contribution >= 0.6 is 0 Å². The molecule has 8 aliphatic rings. The second-order valence-corrected chi connectivity index (χ2v) is 8.61. The van der Waals surface area contributed by atoms with Gasteiger partial charge in [0.05, 0.1) is 24.3 Å². The Balaban J connectivity index is 1.53. The summed E-state index contributed by atoms with van der Waals surface area (Å²) in [6.45, 7) is 0. The number of epoxide rings is 1. The van der Waals surface area contributed by atoms with Gasteiger partial charge in [-0.15, -0.1) is 0 Å². The van der Waals surface area contributed by atoms with Gasteiger partial charge in [-0.2, -0.15) is 0 Å². The minimum absolute atomic E-state index is 0.0935. The highest BCUT2D eigenvalue weighted by atomic mass is 16.6. The molecular formula is C15H15N3O3. The number of nitrogens with zero attached hydrogens (tertiary/aromatic N) is 3. The predicted molar refractivity (Wildman–Crippen MR) is 68.7 cm³/mol. The number of ether oxygens (including phenoxy) is 1. The van der Waals surface area contributed by atoms with E-state index >= 15 is 0 Å². The number of aromatic nitrogens is 3. The Kier molecular flexibility index (Phi) is 0.971. The largest absolute Gasteiger partial charge is 0.370 e. The first kappa shape index (κ1) is 9.66. The van der Waals surface area contributed by atoms with Crippen LogP contribution < -0.4 is 11.4 Å². The second-order valence-electron chi connectivity index (χ2n) is 8.61. The van der Waals surface area contributed by atoms with Crippen molar-refractivity contribution in [1.82, 2.24) is 13.9 Å². The predicted octanol–water partition coefficient (Wildman–Crippen LogP) is -0.503. The maximum Gasteiger partial charge on any atom is 0.347 e. The molecule has 6 fully saturated rings. The minimum Gasteiger partial charge on any atom is -0.370 e. The van der Waals surface area contributed by atoms with Gasteiger partial charge < -0.3 is 4.74 Å². The Bertz CT molecular complexity index is 854. The maximum absolute atomic E-state index is 12.6. The fourth-order valence-corrected chi connectivity index (χ4v) is 8.81. The van der Waals surface area contributed by atoms with Crippen LogP contribution in [0.3, 0.4) is 0 Å². The number of rotatable bonds is 0. The van der Waals surface area contributed by atoms with Crippen LogP contribution in [-0.2, 0) is 11.8 Å². The zero-order valence-corrected chi connectivity index (χ0v) is 11.6. The van der Waals surface area contributed by atoms with Gasteiger partial charge in [-0.25, -0.2) is 23.5 Å². The van der Waals surface area contributed by atoms with Crippen molar-refractivity contribution < 1.29 is 4.74 Å². The fraction of sp³-hybridized carbons (Fsp3) is 0.867. The van der Waals surface area contributed by atoms with E-state index in [0.717, 1.165) is 24.7 Å². The van der Waals surface area contributed by atoms with Crippen molar-refractivity contribution in [2.24, 2.45) is 41.5 Å². The van der Waals surface area contributed by atoms with Crippen molar-refractivity contribution in [2.75, 3.05) is 0 Å². The highest BCUT2D eigenvalue weighted by molar-refractivity contribution is 5.50. The van der Waals surface area contributed by atoms with Crippen molar-refractivity contribution in [2.45, 2.75) is 37.1 Å². The lowest BCUT2D eigenvalue weighted by Gasteiger charge is -3.02. The maximum atomic E-state index is 12.6. The molecule has 0 unspecified atom stereocenters. The average molecular weight is 285 g/mol. The Labute approximate surface area is 119 Å². The third kappa shape index (κ3) is 0.525. The van der Waals surface area contributed by atoms with Crippen LogP contribution in [0.4, 0.5) is 0 Å². The molecule has 0 radical (unpaired) electrons. The van der Waals surface area contributed by atoms with E-state index < -0.39 is 0 Å². The molecule has 4 heterocycles. The molecule has 2 spiro atoms. The molecule has 21 heavy (non-hydrogen) atoms. The number of hydrogen-bond acceptors (Lipinski definition) is 3. The lowest BCUT2D eigenvalue weighted by Crippen LogP contribution is -3.01. The van der Waals surface area contributed by atoms with Crippen LogP contribution in [0.5, 0.6) is 0 Å². The summed E-state index contributed by atoms with van der Waals surface area (Å²) < 4.78 is 10.9. The summed E-state index contributed by atoms with van der Waals surface area (Å²) in [5, 5.41) is 0. The zero-order valence-electron chi connectivity index (χ0n) is 11.6. The second kappa shape index (κ2) is 2.11. The molecule has 3 aliphatic heterocycles. The van der Waals surface area contributed by atoms with Crippen LogP contribution in [0.15, 0.2) is 9.59 Å². The highest BCUT2D eigenvalue weighted by Crippen LogP contribution is 3.04. The smallest absolute Gasteiger partial charge is 0.347 e. The van der Waals surface area contributed by atoms with Crippen molar-refractivity contribution in [3.8, 4) is 0 Å². The van der Waals surface area contributed by atoms with E-state index in [1.54, 1.807) is 7.05 Å². The summed E-state index contributed by atoms with van der Waals surface area (Å²) in [6.07, 6.45) is 3.22. The molecule has 1 saturated heterocycles. The molecule has 108 valence electrons. The molecule has 10 atom stereocenters.